The lowest BCUT2D eigenvalue weighted by atomic mass is 10.1. The molecule has 0 bridgehead atoms. The van der Waals surface area contributed by atoms with E-state index in [2.05, 4.69) is 51.6 Å². The van der Waals surface area contributed by atoms with Crippen molar-refractivity contribution in [3.05, 3.63) is 90.0 Å². The maximum Gasteiger partial charge on any atom is 0.251 e. The second kappa shape index (κ2) is 10.3. The number of rotatable bonds is 7. The first-order valence-electron chi connectivity index (χ1n) is 11.4. The van der Waals surface area contributed by atoms with Crippen LogP contribution in [-0.2, 0) is 4.79 Å². The molecule has 1 aliphatic rings. The Labute approximate surface area is 191 Å². The number of hydrogen-bond donors (Lipinski definition) is 2. The third-order valence-corrected chi connectivity index (χ3v) is 6.08. The number of hydrogen-bond acceptors (Lipinski definition) is 4. The van der Waals surface area contributed by atoms with Crippen molar-refractivity contribution in [2.45, 2.75) is 19.9 Å². The van der Waals surface area contributed by atoms with Crippen LogP contribution in [0.15, 0.2) is 78.9 Å². The van der Waals surface area contributed by atoms with Crippen molar-refractivity contribution in [3.8, 4) is 0 Å². The van der Waals surface area contributed by atoms with Crippen LogP contribution in [0, 0.1) is 6.92 Å². The molecule has 1 heterocycles. The molecule has 0 aromatic heterocycles. The maximum atomic E-state index is 13.2. The van der Waals surface area contributed by atoms with Crippen molar-refractivity contribution >= 4 is 23.0 Å². The summed E-state index contributed by atoms with van der Waals surface area (Å²) in [6.45, 7) is 9.67. The third kappa shape index (κ3) is 5.48. The van der Waals surface area contributed by atoms with Gasteiger partial charge in [0, 0.05) is 43.2 Å². The van der Waals surface area contributed by atoms with Gasteiger partial charge in [0.15, 0.2) is 0 Å². The zero-order valence-corrected chi connectivity index (χ0v) is 18.9. The van der Waals surface area contributed by atoms with Crippen LogP contribution in [0.3, 0.4) is 0 Å². The van der Waals surface area contributed by atoms with E-state index in [4.69, 9.17) is 0 Å². The molecule has 0 aliphatic carbocycles. The van der Waals surface area contributed by atoms with Gasteiger partial charge in [0.25, 0.3) is 5.91 Å². The van der Waals surface area contributed by atoms with Crippen molar-refractivity contribution in [2.24, 2.45) is 0 Å². The van der Waals surface area contributed by atoms with Crippen LogP contribution in [-0.4, -0.2) is 43.5 Å². The average Bonchev–Trinajstić information content (AvgIpc) is 2.85. The van der Waals surface area contributed by atoms with Crippen LogP contribution in [0.25, 0.3) is 0 Å². The molecule has 0 unspecified atom stereocenters. The smallest absolute Gasteiger partial charge is 0.251 e. The predicted molar refractivity (Wildman–Crippen MR) is 133 cm³/mol. The van der Waals surface area contributed by atoms with Gasteiger partial charge in [-0.25, -0.2) is 0 Å². The lowest BCUT2D eigenvalue weighted by Crippen LogP contribution is -2.46. The zero-order chi connectivity index (χ0) is 22.3. The van der Waals surface area contributed by atoms with Crippen LogP contribution < -0.4 is 15.5 Å². The van der Waals surface area contributed by atoms with Crippen LogP contribution in [0.4, 0.5) is 17.1 Å². The van der Waals surface area contributed by atoms with Gasteiger partial charge in [-0.15, -0.1) is 0 Å². The lowest BCUT2D eigenvalue weighted by Gasteiger charge is -2.35. The minimum absolute atomic E-state index is 0.0835. The first-order chi connectivity index (χ1) is 15.6. The van der Waals surface area contributed by atoms with Crippen molar-refractivity contribution in [2.75, 3.05) is 48.3 Å². The Kier molecular flexibility index (Phi) is 7.07. The first-order valence-corrected chi connectivity index (χ1v) is 11.4. The minimum atomic E-state index is -0.489. The maximum absolute atomic E-state index is 13.2. The van der Waals surface area contributed by atoms with Crippen molar-refractivity contribution < 1.29 is 4.79 Å². The van der Waals surface area contributed by atoms with Gasteiger partial charge >= 0.3 is 0 Å². The summed E-state index contributed by atoms with van der Waals surface area (Å²) < 4.78 is 0. The molecule has 2 N–H and O–H groups in total. The molecule has 1 atom stereocenters. The summed E-state index contributed by atoms with van der Waals surface area (Å²) in [5, 5.41) is 6.48. The molecule has 1 saturated heterocycles. The van der Waals surface area contributed by atoms with E-state index in [0.717, 1.165) is 55.2 Å². The number of carbonyl (C=O) groups is 1. The molecule has 5 heteroatoms. The van der Waals surface area contributed by atoms with Crippen molar-refractivity contribution in [3.63, 3.8) is 0 Å². The number of likely N-dealkylation sites (N-methyl/N-ethyl adjacent to an activating group) is 1. The predicted octanol–water partition coefficient (Wildman–Crippen LogP) is 4.93. The van der Waals surface area contributed by atoms with Crippen molar-refractivity contribution in [1.82, 2.24) is 4.90 Å². The van der Waals surface area contributed by atoms with Crippen LogP contribution in [0.2, 0.25) is 0 Å². The number of carbonyl (C=O) groups excluding carboxylic acids is 1. The molecule has 1 amide bonds. The summed E-state index contributed by atoms with van der Waals surface area (Å²) in [7, 11) is 0. The molecular formula is C27H32N4O. The number of nitrogens with one attached hydrogen (secondary N) is 2. The van der Waals surface area contributed by atoms with E-state index in [9.17, 15) is 4.79 Å². The molecule has 32 heavy (non-hydrogen) atoms. The molecule has 3 aromatic carbocycles. The van der Waals surface area contributed by atoms with Crippen LogP contribution >= 0.6 is 0 Å². The summed E-state index contributed by atoms with van der Waals surface area (Å²) in [5.41, 5.74) is 5.04. The Morgan fingerprint density at radius 2 is 1.47 bits per heavy atom. The van der Waals surface area contributed by atoms with Crippen molar-refractivity contribution in [1.29, 1.82) is 0 Å². The molecule has 1 aliphatic heterocycles. The summed E-state index contributed by atoms with van der Waals surface area (Å²) in [6.07, 6.45) is 0. The van der Waals surface area contributed by atoms with Crippen LogP contribution in [0.5, 0.6) is 0 Å². The highest BCUT2D eigenvalue weighted by Gasteiger charge is 2.21. The van der Waals surface area contributed by atoms with E-state index in [-0.39, 0.29) is 5.91 Å². The molecule has 166 valence electrons. The summed E-state index contributed by atoms with van der Waals surface area (Å²) in [4.78, 5) is 18.1. The molecule has 0 radical (unpaired) electrons. The van der Waals surface area contributed by atoms with Gasteiger partial charge in [0.05, 0.1) is 0 Å². The Balaban J connectivity index is 1.47. The second-order valence-corrected chi connectivity index (χ2v) is 8.31. The summed E-state index contributed by atoms with van der Waals surface area (Å²) in [5.74, 6) is -0.0835. The first kappa shape index (κ1) is 21.9. The summed E-state index contributed by atoms with van der Waals surface area (Å²) in [6, 6.07) is 25.6. The fraction of sp³-hybridized carbons (Fsp3) is 0.296. The number of nitrogens with zero attached hydrogens (tertiary/aromatic N) is 2. The average molecular weight is 429 g/mol. The fourth-order valence-electron chi connectivity index (χ4n) is 4.05. The topological polar surface area (TPSA) is 47.6 Å². The monoisotopic (exact) mass is 428 g/mol. The van der Waals surface area contributed by atoms with E-state index in [1.807, 2.05) is 61.5 Å². The number of benzene rings is 3. The van der Waals surface area contributed by atoms with Gasteiger partial charge in [-0.2, -0.15) is 0 Å². The normalized spacial score (nSPS) is 15.2. The Morgan fingerprint density at radius 1 is 0.844 bits per heavy atom. The molecule has 3 aromatic rings. The Morgan fingerprint density at radius 3 is 2.09 bits per heavy atom. The lowest BCUT2D eigenvalue weighted by molar-refractivity contribution is -0.117. The number of piperazine rings is 1. The van der Waals surface area contributed by atoms with E-state index >= 15 is 0 Å². The highest BCUT2D eigenvalue weighted by atomic mass is 16.2. The van der Waals surface area contributed by atoms with Gasteiger partial charge in [-0.05, 0) is 55.4 Å². The number of amides is 1. The highest BCUT2D eigenvalue weighted by molar-refractivity contribution is 5.97. The van der Waals surface area contributed by atoms with E-state index < -0.39 is 6.04 Å². The van der Waals surface area contributed by atoms with Gasteiger partial charge in [-0.1, -0.05) is 55.0 Å². The van der Waals surface area contributed by atoms with Gasteiger partial charge in [0.1, 0.15) is 6.04 Å². The quantitative estimate of drug-likeness (QED) is 0.560. The molecule has 0 saturated carbocycles. The molecular weight excluding hydrogens is 396 g/mol. The SMILES string of the molecule is CCN1CCN(c2ccc(N[C@H](C(=O)Nc3ccc(C)cc3)c3ccccc3)cc2)CC1. The zero-order valence-electron chi connectivity index (χ0n) is 18.9. The minimum Gasteiger partial charge on any atom is -0.370 e. The van der Waals surface area contributed by atoms with Gasteiger partial charge < -0.3 is 20.4 Å². The van der Waals surface area contributed by atoms with Crippen LogP contribution in [0.1, 0.15) is 24.1 Å². The molecule has 1 fully saturated rings. The third-order valence-electron chi connectivity index (χ3n) is 6.08. The summed E-state index contributed by atoms with van der Waals surface area (Å²) >= 11 is 0. The standard InChI is InChI=1S/C27H32N4O/c1-3-30-17-19-31(20-18-30)25-15-13-23(14-16-25)28-26(22-7-5-4-6-8-22)27(32)29-24-11-9-21(2)10-12-24/h4-16,26,28H,3,17-20H2,1-2H3,(H,29,32)/t26-/m0/s1. The number of anilines is 3. The van der Waals surface area contributed by atoms with Gasteiger partial charge in [0.2, 0.25) is 0 Å². The molecule has 4 rings (SSSR count). The van der Waals surface area contributed by atoms with E-state index in [1.54, 1.807) is 0 Å². The Bertz CT molecular complexity index is 994. The molecule has 0 spiro atoms. The largest absolute Gasteiger partial charge is 0.370 e. The second-order valence-electron chi connectivity index (χ2n) is 8.31. The Hall–Kier alpha value is -3.31. The van der Waals surface area contributed by atoms with E-state index in [0.29, 0.717) is 0 Å². The molecule has 5 nitrogen and oxygen atoms in total. The van der Waals surface area contributed by atoms with Gasteiger partial charge in [-0.3, -0.25) is 4.79 Å². The van der Waals surface area contributed by atoms with E-state index in [1.165, 1.54) is 5.69 Å². The highest BCUT2D eigenvalue weighted by Crippen LogP contribution is 2.25. The number of aryl methyl sites for hydroxylation is 1. The fourth-order valence-corrected chi connectivity index (χ4v) is 4.05.